The van der Waals surface area contributed by atoms with Crippen LogP contribution in [0.15, 0.2) is 18.3 Å². The van der Waals surface area contributed by atoms with Crippen LogP contribution in [0.1, 0.15) is 50.5 Å². The number of rotatable bonds is 2. The molecule has 1 unspecified atom stereocenters. The molecule has 1 saturated carbocycles. The summed E-state index contributed by atoms with van der Waals surface area (Å²) in [5, 5.41) is 2.89. The smallest absolute Gasteiger partial charge is 0.354 e. The summed E-state index contributed by atoms with van der Waals surface area (Å²) in [6, 6.07) is 1.91. The van der Waals surface area contributed by atoms with Gasteiger partial charge in [-0.15, -0.1) is 0 Å². The molecule has 2 saturated heterocycles. The number of carbonyl (C=O) groups is 2. The number of imide groups is 1. The number of urea groups is 1. The van der Waals surface area contributed by atoms with Crippen LogP contribution in [0.2, 0.25) is 0 Å². The van der Waals surface area contributed by atoms with Crippen molar-refractivity contribution in [2.45, 2.75) is 62.7 Å². The van der Waals surface area contributed by atoms with Gasteiger partial charge in [0.05, 0.1) is 12.1 Å². The summed E-state index contributed by atoms with van der Waals surface area (Å²) >= 11 is 0. The van der Waals surface area contributed by atoms with Crippen LogP contribution in [-0.4, -0.2) is 46.5 Å². The lowest BCUT2D eigenvalue weighted by Gasteiger charge is -2.39. The van der Waals surface area contributed by atoms with Gasteiger partial charge < -0.3 is 10.2 Å². The third-order valence-corrected chi connectivity index (χ3v) is 6.02. The van der Waals surface area contributed by atoms with Gasteiger partial charge in [0, 0.05) is 18.8 Å². The summed E-state index contributed by atoms with van der Waals surface area (Å²) < 4.78 is 38.3. The van der Waals surface area contributed by atoms with Crippen LogP contribution < -0.4 is 10.2 Å². The predicted octanol–water partition coefficient (Wildman–Crippen LogP) is 3.32. The number of aromatic nitrogens is 1. The lowest BCUT2D eigenvalue weighted by molar-refractivity contribution is -0.137. The molecular weight excluding hydrogens is 373 g/mol. The Balaban J connectivity index is 1.53. The Morgan fingerprint density at radius 3 is 2.50 bits per heavy atom. The molecule has 1 spiro atoms. The van der Waals surface area contributed by atoms with Gasteiger partial charge in [-0.3, -0.25) is 9.69 Å². The summed E-state index contributed by atoms with van der Waals surface area (Å²) in [4.78, 5) is 32.9. The molecule has 28 heavy (non-hydrogen) atoms. The number of pyridine rings is 1. The van der Waals surface area contributed by atoms with Gasteiger partial charge in [0.2, 0.25) is 0 Å². The molecule has 1 N–H and O–H groups in total. The molecule has 0 radical (unpaired) electrons. The van der Waals surface area contributed by atoms with E-state index in [2.05, 4.69) is 10.3 Å². The molecule has 3 aliphatic rings. The van der Waals surface area contributed by atoms with Gasteiger partial charge in [0.15, 0.2) is 0 Å². The summed E-state index contributed by atoms with van der Waals surface area (Å²) in [5.74, 6) is 0.172. The van der Waals surface area contributed by atoms with Crippen LogP contribution in [0.3, 0.4) is 0 Å². The number of carbonyl (C=O) groups excluding carboxylic acids is 2. The zero-order valence-corrected chi connectivity index (χ0v) is 15.5. The molecule has 0 bridgehead atoms. The normalized spacial score (nSPS) is 26.8. The van der Waals surface area contributed by atoms with Gasteiger partial charge in [0.1, 0.15) is 11.4 Å². The lowest BCUT2D eigenvalue weighted by Crippen LogP contribution is -2.59. The minimum atomic E-state index is -4.44. The second-order valence-electron chi connectivity index (χ2n) is 7.91. The number of alkyl halides is 3. The third kappa shape index (κ3) is 3.31. The molecule has 3 heterocycles. The van der Waals surface area contributed by atoms with Gasteiger partial charge in [-0.2, -0.15) is 13.2 Å². The maximum absolute atomic E-state index is 13.2. The Kier molecular flexibility index (Phi) is 4.71. The SMILES string of the molecule is O=C1NC2(CCCN(c3ccc(C(F)(F)F)cn3)C2)C(=O)N1C1CCCCC1. The number of nitrogens with zero attached hydrogens (tertiary/aromatic N) is 3. The first-order valence-electron chi connectivity index (χ1n) is 9.74. The molecule has 4 rings (SSSR count). The third-order valence-electron chi connectivity index (χ3n) is 6.02. The van der Waals surface area contributed by atoms with E-state index >= 15 is 0 Å². The number of nitrogens with one attached hydrogen (secondary N) is 1. The Morgan fingerprint density at radius 1 is 1.11 bits per heavy atom. The molecule has 3 fully saturated rings. The average Bonchev–Trinajstić information content (AvgIpc) is 2.91. The number of piperidine rings is 1. The van der Waals surface area contributed by atoms with Crippen LogP contribution in [0, 0.1) is 0 Å². The Morgan fingerprint density at radius 2 is 1.86 bits per heavy atom. The predicted molar refractivity (Wildman–Crippen MR) is 95.7 cm³/mol. The van der Waals surface area contributed by atoms with E-state index in [4.69, 9.17) is 0 Å². The van der Waals surface area contributed by atoms with Gasteiger partial charge in [-0.1, -0.05) is 19.3 Å². The highest BCUT2D eigenvalue weighted by molar-refractivity contribution is 6.07. The van der Waals surface area contributed by atoms with E-state index in [-0.39, 0.29) is 24.5 Å². The Labute approximate surface area is 161 Å². The van der Waals surface area contributed by atoms with Crippen molar-refractivity contribution in [3.05, 3.63) is 23.9 Å². The van der Waals surface area contributed by atoms with Crippen LogP contribution in [0.4, 0.5) is 23.8 Å². The van der Waals surface area contributed by atoms with Crippen LogP contribution in [0.25, 0.3) is 0 Å². The topological polar surface area (TPSA) is 65.5 Å². The molecule has 0 aromatic carbocycles. The van der Waals surface area contributed by atoms with Crippen LogP contribution in [-0.2, 0) is 11.0 Å². The first-order valence-corrected chi connectivity index (χ1v) is 9.74. The van der Waals surface area contributed by atoms with Crippen molar-refractivity contribution in [2.24, 2.45) is 0 Å². The average molecular weight is 396 g/mol. The van der Waals surface area contributed by atoms with Crippen LogP contribution >= 0.6 is 0 Å². The zero-order chi connectivity index (χ0) is 19.9. The molecule has 2 aliphatic heterocycles. The number of hydrogen-bond acceptors (Lipinski definition) is 4. The highest BCUT2D eigenvalue weighted by Gasteiger charge is 2.54. The molecule has 6 nitrogen and oxygen atoms in total. The molecule has 1 aromatic rings. The van der Waals surface area contributed by atoms with E-state index in [9.17, 15) is 22.8 Å². The number of halogens is 3. The molecular formula is C19H23F3N4O2. The fourth-order valence-corrected chi connectivity index (χ4v) is 4.58. The van der Waals surface area contributed by atoms with E-state index in [0.717, 1.165) is 44.4 Å². The second-order valence-corrected chi connectivity index (χ2v) is 7.91. The van der Waals surface area contributed by atoms with Crippen molar-refractivity contribution >= 4 is 17.8 Å². The van der Waals surface area contributed by atoms with Gasteiger partial charge in [-0.25, -0.2) is 9.78 Å². The Bertz CT molecular complexity index is 761. The largest absolute Gasteiger partial charge is 0.417 e. The van der Waals surface area contributed by atoms with Crippen molar-refractivity contribution in [1.82, 2.24) is 15.2 Å². The number of hydrogen-bond donors (Lipinski definition) is 1. The second kappa shape index (κ2) is 6.93. The molecule has 1 aliphatic carbocycles. The highest BCUT2D eigenvalue weighted by atomic mass is 19.4. The standard InChI is InChI=1S/C19H23F3N4O2/c20-19(21,22)13-7-8-15(23-11-13)25-10-4-9-18(12-25)16(27)26(17(28)24-18)14-5-2-1-3-6-14/h7-8,11,14H,1-6,9-10,12H2,(H,24,28). The van der Waals surface area contributed by atoms with E-state index < -0.39 is 17.3 Å². The fourth-order valence-electron chi connectivity index (χ4n) is 4.58. The van der Waals surface area contributed by atoms with E-state index in [1.54, 1.807) is 4.90 Å². The van der Waals surface area contributed by atoms with Crippen molar-refractivity contribution < 1.29 is 22.8 Å². The van der Waals surface area contributed by atoms with Crippen molar-refractivity contribution in [3.63, 3.8) is 0 Å². The fraction of sp³-hybridized carbons (Fsp3) is 0.632. The quantitative estimate of drug-likeness (QED) is 0.779. The summed E-state index contributed by atoms with van der Waals surface area (Å²) in [7, 11) is 0. The monoisotopic (exact) mass is 396 g/mol. The Hall–Kier alpha value is -2.32. The highest BCUT2D eigenvalue weighted by Crippen LogP contribution is 2.35. The van der Waals surface area contributed by atoms with Crippen molar-refractivity contribution in [2.75, 3.05) is 18.0 Å². The molecule has 1 aromatic heterocycles. The van der Waals surface area contributed by atoms with E-state index in [1.165, 1.54) is 11.0 Å². The first-order chi connectivity index (χ1) is 13.3. The van der Waals surface area contributed by atoms with Crippen LogP contribution in [0.5, 0.6) is 0 Å². The lowest BCUT2D eigenvalue weighted by atomic mass is 9.87. The van der Waals surface area contributed by atoms with E-state index in [1.807, 2.05) is 0 Å². The number of amides is 3. The molecule has 9 heteroatoms. The minimum absolute atomic E-state index is 0.0554. The summed E-state index contributed by atoms with van der Waals surface area (Å²) in [5.41, 5.74) is -1.83. The van der Waals surface area contributed by atoms with Crippen molar-refractivity contribution in [1.29, 1.82) is 0 Å². The zero-order valence-electron chi connectivity index (χ0n) is 15.5. The first kappa shape index (κ1) is 19.0. The van der Waals surface area contributed by atoms with E-state index in [0.29, 0.717) is 25.2 Å². The van der Waals surface area contributed by atoms with Gasteiger partial charge >= 0.3 is 12.2 Å². The van der Waals surface area contributed by atoms with Gasteiger partial charge in [-0.05, 0) is 37.8 Å². The molecule has 1 atom stereocenters. The number of anilines is 1. The minimum Gasteiger partial charge on any atom is -0.354 e. The summed E-state index contributed by atoms with van der Waals surface area (Å²) in [6.07, 6.45) is 2.35. The molecule has 3 amide bonds. The molecule has 152 valence electrons. The maximum Gasteiger partial charge on any atom is 0.417 e. The van der Waals surface area contributed by atoms with Gasteiger partial charge in [0.25, 0.3) is 5.91 Å². The summed E-state index contributed by atoms with van der Waals surface area (Å²) in [6.45, 7) is 0.797. The van der Waals surface area contributed by atoms with Crippen molar-refractivity contribution in [3.8, 4) is 0 Å². The maximum atomic E-state index is 13.2.